The van der Waals surface area contributed by atoms with Gasteiger partial charge >= 0.3 is 0 Å². The van der Waals surface area contributed by atoms with Crippen LogP contribution in [0.25, 0.3) is 0 Å². The molecule has 3 N–H and O–H groups in total. The van der Waals surface area contributed by atoms with E-state index in [1.54, 1.807) is 0 Å². The maximum Gasteiger partial charge on any atom is 0.219 e. The second-order valence-corrected chi connectivity index (χ2v) is 5.17. The molecule has 1 saturated carbocycles. The van der Waals surface area contributed by atoms with Crippen molar-refractivity contribution in [3.05, 3.63) is 24.0 Å². The van der Waals surface area contributed by atoms with E-state index in [0.717, 1.165) is 18.9 Å². The third-order valence-electron chi connectivity index (χ3n) is 3.46. The van der Waals surface area contributed by atoms with E-state index in [1.807, 2.05) is 6.20 Å². The first-order valence-electron chi connectivity index (χ1n) is 6.88. The molecule has 0 aliphatic heterocycles. The van der Waals surface area contributed by atoms with E-state index in [2.05, 4.69) is 29.1 Å². The van der Waals surface area contributed by atoms with Gasteiger partial charge in [0.05, 0.1) is 0 Å². The molecule has 0 radical (unpaired) electrons. The molecule has 1 aliphatic carbocycles. The summed E-state index contributed by atoms with van der Waals surface area (Å²) in [6, 6.07) is 2.65. The molecule has 1 aromatic heterocycles. The largest absolute Gasteiger partial charge is 0.370 e. The average Bonchev–Trinajstić information content (AvgIpc) is 3.06. The van der Waals surface area contributed by atoms with E-state index in [1.165, 1.54) is 18.4 Å². The molecule has 1 atom stereocenters. The maximum absolute atomic E-state index is 10.8. The summed E-state index contributed by atoms with van der Waals surface area (Å²) in [5, 5.41) is 3.62. The number of nitrogens with two attached hydrogens (primary N) is 1. The highest BCUT2D eigenvalue weighted by Gasteiger charge is 2.32. The van der Waals surface area contributed by atoms with Gasteiger partial charge in [-0.3, -0.25) is 4.79 Å². The van der Waals surface area contributed by atoms with Crippen LogP contribution >= 0.6 is 0 Å². The van der Waals surface area contributed by atoms with Crippen LogP contribution in [0.1, 0.15) is 44.2 Å². The quantitative estimate of drug-likeness (QED) is 0.738. The third-order valence-corrected chi connectivity index (χ3v) is 3.46. The number of hydrogen-bond donors (Lipinski definition) is 2. The number of carbonyl (C=O) groups is 1. The van der Waals surface area contributed by atoms with Gasteiger partial charge in [-0.05, 0) is 43.4 Å². The summed E-state index contributed by atoms with van der Waals surface area (Å²) in [6.45, 7) is 3.93. The molecule has 1 fully saturated rings. The normalized spacial score (nSPS) is 16.7. The molecule has 0 bridgehead atoms. The Morgan fingerprint density at radius 3 is 3.00 bits per heavy atom. The summed E-state index contributed by atoms with van der Waals surface area (Å²) in [6.07, 6.45) is 8.41. The highest BCUT2D eigenvalue weighted by molar-refractivity contribution is 5.73. The SMILES string of the molecule is CCCNC(c1ccn(CCC(N)=O)c1)C1CC1. The zero-order chi connectivity index (χ0) is 13.0. The van der Waals surface area contributed by atoms with Crippen LogP contribution in [0.3, 0.4) is 0 Å². The van der Waals surface area contributed by atoms with Crippen LogP contribution in [0.5, 0.6) is 0 Å². The number of rotatable bonds is 8. The number of carbonyl (C=O) groups excluding carboxylic acids is 1. The Kier molecular flexibility index (Phi) is 4.42. The van der Waals surface area contributed by atoms with Gasteiger partial charge in [0.25, 0.3) is 0 Å². The molecule has 4 nitrogen and oxygen atoms in total. The number of aromatic nitrogens is 1. The summed E-state index contributed by atoms with van der Waals surface area (Å²) in [5.74, 6) is 0.552. The number of primary amides is 1. The van der Waals surface area contributed by atoms with Crippen molar-refractivity contribution in [2.24, 2.45) is 11.7 Å². The van der Waals surface area contributed by atoms with Crippen molar-refractivity contribution in [2.45, 2.75) is 45.2 Å². The van der Waals surface area contributed by atoms with Gasteiger partial charge in [0.1, 0.15) is 0 Å². The minimum Gasteiger partial charge on any atom is -0.370 e. The lowest BCUT2D eigenvalue weighted by atomic mass is 10.1. The predicted octanol–water partition coefficient (Wildman–Crippen LogP) is 1.81. The summed E-state index contributed by atoms with van der Waals surface area (Å²) in [4.78, 5) is 10.8. The maximum atomic E-state index is 10.8. The number of amides is 1. The van der Waals surface area contributed by atoms with Crippen LogP contribution in [0.15, 0.2) is 18.5 Å². The van der Waals surface area contributed by atoms with Crippen LogP contribution in [-0.2, 0) is 11.3 Å². The molecule has 1 aromatic rings. The molecular formula is C14H23N3O. The van der Waals surface area contributed by atoms with Crippen LogP contribution < -0.4 is 11.1 Å². The first kappa shape index (κ1) is 13.1. The van der Waals surface area contributed by atoms with Gasteiger partial charge in [-0.15, -0.1) is 0 Å². The van der Waals surface area contributed by atoms with Gasteiger partial charge in [0.2, 0.25) is 5.91 Å². The zero-order valence-corrected chi connectivity index (χ0v) is 11.1. The Balaban J connectivity index is 1.95. The van der Waals surface area contributed by atoms with Crippen molar-refractivity contribution in [3.63, 3.8) is 0 Å². The highest BCUT2D eigenvalue weighted by atomic mass is 16.1. The molecule has 1 amide bonds. The molecule has 100 valence electrons. The van der Waals surface area contributed by atoms with Crippen molar-refractivity contribution < 1.29 is 4.79 Å². The van der Waals surface area contributed by atoms with Crippen LogP contribution in [0.4, 0.5) is 0 Å². The van der Waals surface area contributed by atoms with Gasteiger partial charge in [0.15, 0.2) is 0 Å². The van der Waals surface area contributed by atoms with Gasteiger partial charge in [-0.1, -0.05) is 6.92 Å². The minimum atomic E-state index is -0.242. The van der Waals surface area contributed by atoms with Gasteiger partial charge in [0, 0.05) is 31.4 Å². The van der Waals surface area contributed by atoms with Crippen LogP contribution in [-0.4, -0.2) is 17.0 Å². The lowest BCUT2D eigenvalue weighted by Gasteiger charge is -2.16. The van der Waals surface area contributed by atoms with Gasteiger partial charge in [-0.2, -0.15) is 0 Å². The second-order valence-electron chi connectivity index (χ2n) is 5.17. The Morgan fingerprint density at radius 2 is 2.39 bits per heavy atom. The van der Waals surface area contributed by atoms with E-state index in [4.69, 9.17) is 5.73 Å². The Bertz CT molecular complexity index is 395. The second kappa shape index (κ2) is 6.05. The Labute approximate surface area is 109 Å². The van der Waals surface area contributed by atoms with Gasteiger partial charge in [-0.25, -0.2) is 0 Å². The predicted molar refractivity (Wildman–Crippen MR) is 72.0 cm³/mol. The lowest BCUT2D eigenvalue weighted by Crippen LogP contribution is -2.23. The number of nitrogens with one attached hydrogen (secondary N) is 1. The first-order valence-corrected chi connectivity index (χ1v) is 6.88. The standard InChI is InChI=1S/C14H23N3O/c1-2-7-16-14(11-3-4-11)12-5-8-17(10-12)9-6-13(15)18/h5,8,10-11,14,16H,2-4,6-7,9H2,1H3,(H2,15,18). The van der Waals surface area contributed by atoms with E-state index >= 15 is 0 Å². The number of aryl methyl sites for hydroxylation is 1. The molecule has 4 heteroatoms. The van der Waals surface area contributed by atoms with Crippen molar-refractivity contribution in [3.8, 4) is 0 Å². The van der Waals surface area contributed by atoms with Crippen LogP contribution in [0.2, 0.25) is 0 Å². The molecule has 18 heavy (non-hydrogen) atoms. The topological polar surface area (TPSA) is 60.1 Å². The summed E-state index contributed by atoms with van der Waals surface area (Å²) in [5.41, 5.74) is 6.51. The Hall–Kier alpha value is -1.29. The number of hydrogen-bond acceptors (Lipinski definition) is 2. The molecule has 1 heterocycles. The summed E-state index contributed by atoms with van der Waals surface area (Å²) < 4.78 is 2.06. The Morgan fingerprint density at radius 1 is 1.61 bits per heavy atom. The fourth-order valence-electron chi connectivity index (χ4n) is 2.31. The summed E-state index contributed by atoms with van der Waals surface area (Å²) >= 11 is 0. The smallest absolute Gasteiger partial charge is 0.219 e. The third kappa shape index (κ3) is 3.60. The minimum absolute atomic E-state index is 0.242. The van der Waals surface area contributed by atoms with E-state index in [-0.39, 0.29) is 5.91 Å². The molecule has 0 saturated heterocycles. The first-order chi connectivity index (χ1) is 8.70. The lowest BCUT2D eigenvalue weighted by molar-refractivity contribution is -0.118. The molecule has 1 aliphatic rings. The molecule has 0 spiro atoms. The van der Waals surface area contributed by atoms with Gasteiger partial charge < -0.3 is 15.6 Å². The average molecular weight is 249 g/mol. The highest BCUT2D eigenvalue weighted by Crippen LogP contribution is 2.41. The molecular weight excluding hydrogens is 226 g/mol. The van der Waals surface area contributed by atoms with Crippen molar-refractivity contribution in [1.29, 1.82) is 0 Å². The molecule has 2 rings (SSSR count). The molecule has 1 unspecified atom stereocenters. The van der Waals surface area contributed by atoms with Crippen molar-refractivity contribution in [2.75, 3.05) is 6.54 Å². The van der Waals surface area contributed by atoms with E-state index < -0.39 is 0 Å². The fraction of sp³-hybridized carbons (Fsp3) is 0.643. The monoisotopic (exact) mass is 249 g/mol. The fourth-order valence-corrected chi connectivity index (χ4v) is 2.31. The van der Waals surface area contributed by atoms with Crippen LogP contribution in [0, 0.1) is 5.92 Å². The molecule has 0 aromatic carbocycles. The van der Waals surface area contributed by atoms with E-state index in [0.29, 0.717) is 19.0 Å². The van der Waals surface area contributed by atoms with Crippen molar-refractivity contribution >= 4 is 5.91 Å². The summed E-state index contributed by atoms with van der Waals surface area (Å²) in [7, 11) is 0. The van der Waals surface area contributed by atoms with E-state index in [9.17, 15) is 4.79 Å². The zero-order valence-electron chi connectivity index (χ0n) is 11.1. The number of nitrogens with zero attached hydrogens (tertiary/aromatic N) is 1. The van der Waals surface area contributed by atoms with Crippen molar-refractivity contribution in [1.82, 2.24) is 9.88 Å².